The first-order chi connectivity index (χ1) is 8.59. The summed E-state index contributed by atoms with van der Waals surface area (Å²) in [7, 11) is -3.56. The molecule has 1 aliphatic heterocycles. The average Bonchev–Trinajstić information content (AvgIpc) is 2.45. The van der Waals surface area contributed by atoms with Crippen LogP contribution in [-0.4, -0.2) is 8.42 Å². The number of rotatable bonds is 0. The number of sulfonamides is 1. The number of anilines is 1. The van der Waals surface area contributed by atoms with E-state index in [9.17, 15) is 8.42 Å². The number of alkyl halides is 1. The predicted octanol–water partition coefficient (Wildman–Crippen LogP) is 3.13. The number of fused-ring (bicyclic) bond motifs is 2. The molecule has 0 fully saturated rings. The molecule has 1 aliphatic rings. The molecule has 2 aromatic rings. The average molecular weight is 280 g/mol. The van der Waals surface area contributed by atoms with E-state index in [4.69, 9.17) is 11.6 Å². The van der Waals surface area contributed by atoms with E-state index in [0.717, 1.165) is 5.56 Å². The van der Waals surface area contributed by atoms with Gasteiger partial charge in [0, 0.05) is 0 Å². The monoisotopic (exact) mass is 279 g/mol. The second-order valence-corrected chi connectivity index (χ2v) is 6.18. The van der Waals surface area contributed by atoms with Crippen LogP contribution in [0.1, 0.15) is 16.5 Å². The van der Waals surface area contributed by atoms with Gasteiger partial charge in [-0.1, -0.05) is 36.4 Å². The number of halogens is 1. The molecule has 1 N–H and O–H groups in total. The summed E-state index contributed by atoms with van der Waals surface area (Å²) in [5.41, 5.74) is 1.91. The summed E-state index contributed by atoms with van der Waals surface area (Å²) in [6, 6.07) is 14.0. The highest BCUT2D eigenvalue weighted by atomic mass is 35.5. The Morgan fingerprint density at radius 2 is 1.56 bits per heavy atom. The van der Waals surface area contributed by atoms with Crippen LogP contribution >= 0.6 is 11.6 Å². The van der Waals surface area contributed by atoms with Crippen molar-refractivity contribution in [2.75, 3.05) is 4.72 Å². The van der Waals surface area contributed by atoms with Crippen molar-refractivity contribution in [1.82, 2.24) is 0 Å². The molecule has 1 atom stereocenters. The quantitative estimate of drug-likeness (QED) is 0.753. The zero-order valence-electron chi connectivity index (χ0n) is 9.30. The molecule has 5 heteroatoms. The Labute approximate surface area is 110 Å². The van der Waals surface area contributed by atoms with Gasteiger partial charge in [0.25, 0.3) is 10.0 Å². The highest BCUT2D eigenvalue weighted by Crippen LogP contribution is 2.40. The SMILES string of the molecule is O=S1(=O)Nc2ccccc2C(Cl)c2ccccc21. The molecule has 1 heterocycles. The number of para-hydroxylation sites is 1. The van der Waals surface area contributed by atoms with E-state index < -0.39 is 15.4 Å². The number of benzene rings is 2. The molecule has 1 unspecified atom stereocenters. The van der Waals surface area contributed by atoms with Crippen molar-refractivity contribution in [1.29, 1.82) is 0 Å². The zero-order valence-corrected chi connectivity index (χ0v) is 10.9. The molecule has 0 radical (unpaired) electrons. The van der Waals surface area contributed by atoms with Crippen LogP contribution in [0.2, 0.25) is 0 Å². The van der Waals surface area contributed by atoms with Crippen LogP contribution in [-0.2, 0) is 10.0 Å². The Kier molecular flexibility index (Phi) is 2.57. The molecule has 3 nitrogen and oxygen atoms in total. The Morgan fingerprint density at radius 1 is 0.944 bits per heavy atom. The summed E-state index contributed by atoms with van der Waals surface area (Å²) in [4.78, 5) is 0.237. The van der Waals surface area contributed by atoms with E-state index in [1.54, 1.807) is 36.4 Å². The third-order valence-corrected chi connectivity index (χ3v) is 4.87. The summed E-state index contributed by atoms with van der Waals surface area (Å²) < 4.78 is 27.0. The van der Waals surface area contributed by atoms with E-state index in [1.807, 2.05) is 12.1 Å². The standard InChI is InChI=1S/C13H10ClNO2S/c14-13-9-5-1-3-7-11(9)15-18(16,17)12-8-4-2-6-10(12)13/h1-8,13,15H. The summed E-state index contributed by atoms with van der Waals surface area (Å²) in [6.07, 6.45) is 0. The molecule has 3 rings (SSSR count). The molecule has 0 bridgehead atoms. The van der Waals surface area contributed by atoms with Crippen molar-refractivity contribution in [2.24, 2.45) is 0 Å². The van der Waals surface area contributed by atoms with E-state index in [1.165, 1.54) is 0 Å². The third kappa shape index (κ3) is 1.69. The summed E-state index contributed by atoms with van der Waals surface area (Å²) in [6.45, 7) is 0. The topological polar surface area (TPSA) is 46.2 Å². The molecule has 2 aromatic carbocycles. The van der Waals surface area contributed by atoms with Gasteiger partial charge in [0.05, 0.1) is 16.0 Å². The van der Waals surface area contributed by atoms with Gasteiger partial charge >= 0.3 is 0 Å². The van der Waals surface area contributed by atoms with Crippen LogP contribution in [0.3, 0.4) is 0 Å². The van der Waals surface area contributed by atoms with Crippen LogP contribution in [0.15, 0.2) is 53.4 Å². The van der Waals surface area contributed by atoms with E-state index in [2.05, 4.69) is 4.72 Å². The van der Waals surface area contributed by atoms with Crippen molar-refractivity contribution in [2.45, 2.75) is 10.3 Å². The lowest BCUT2D eigenvalue weighted by atomic mass is 10.0. The molecule has 0 aromatic heterocycles. The minimum Gasteiger partial charge on any atom is -0.279 e. The van der Waals surface area contributed by atoms with Crippen molar-refractivity contribution in [3.05, 3.63) is 59.7 Å². The van der Waals surface area contributed by atoms with Crippen molar-refractivity contribution in [3.8, 4) is 0 Å². The molecule has 0 aliphatic carbocycles. The first kappa shape index (κ1) is 11.6. The Morgan fingerprint density at radius 3 is 2.33 bits per heavy atom. The second kappa shape index (κ2) is 4.00. The first-order valence-electron chi connectivity index (χ1n) is 5.44. The third-order valence-electron chi connectivity index (χ3n) is 2.96. The molecule has 0 amide bonds. The zero-order chi connectivity index (χ0) is 12.8. The Bertz CT molecular complexity index is 712. The van der Waals surface area contributed by atoms with Crippen LogP contribution in [0, 0.1) is 0 Å². The van der Waals surface area contributed by atoms with Gasteiger partial charge in [0.2, 0.25) is 0 Å². The van der Waals surface area contributed by atoms with Crippen molar-refractivity contribution in [3.63, 3.8) is 0 Å². The number of nitrogens with one attached hydrogen (secondary N) is 1. The fourth-order valence-corrected chi connectivity index (χ4v) is 3.90. The molecule has 18 heavy (non-hydrogen) atoms. The van der Waals surface area contributed by atoms with Gasteiger partial charge in [0.1, 0.15) is 0 Å². The van der Waals surface area contributed by atoms with Crippen LogP contribution in [0.5, 0.6) is 0 Å². The lowest BCUT2D eigenvalue weighted by Gasteiger charge is -2.10. The summed E-state index contributed by atoms with van der Waals surface area (Å²) in [5, 5.41) is -0.470. The minimum absolute atomic E-state index is 0.237. The van der Waals surface area contributed by atoms with E-state index in [-0.39, 0.29) is 4.90 Å². The summed E-state index contributed by atoms with van der Waals surface area (Å²) >= 11 is 6.40. The fourth-order valence-electron chi connectivity index (χ4n) is 2.11. The maximum absolute atomic E-state index is 12.2. The van der Waals surface area contributed by atoms with Gasteiger partial charge in [-0.3, -0.25) is 4.72 Å². The summed E-state index contributed by atoms with van der Waals surface area (Å²) in [5.74, 6) is 0. The Hall–Kier alpha value is -1.52. The molecular weight excluding hydrogens is 270 g/mol. The maximum Gasteiger partial charge on any atom is 0.262 e. The van der Waals surface area contributed by atoms with E-state index >= 15 is 0 Å². The molecule has 0 spiro atoms. The Balaban J connectivity index is 2.35. The van der Waals surface area contributed by atoms with Crippen LogP contribution < -0.4 is 4.72 Å². The number of hydrogen-bond donors (Lipinski definition) is 1. The minimum atomic E-state index is -3.56. The van der Waals surface area contributed by atoms with Gasteiger partial charge < -0.3 is 0 Å². The molecular formula is C13H10ClNO2S. The van der Waals surface area contributed by atoms with Gasteiger partial charge in [0.15, 0.2) is 0 Å². The van der Waals surface area contributed by atoms with Crippen LogP contribution in [0.4, 0.5) is 5.69 Å². The van der Waals surface area contributed by atoms with Gasteiger partial charge in [-0.2, -0.15) is 0 Å². The molecule has 0 saturated heterocycles. The normalized spacial score (nSPS) is 20.2. The fraction of sp³-hybridized carbons (Fsp3) is 0.0769. The molecule has 0 saturated carbocycles. The van der Waals surface area contributed by atoms with Crippen LogP contribution in [0.25, 0.3) is 0 Å². The highest BCUT2D eigenvalue weighted by molar-refractivity contribution is 7.92. The smallest absolute Gasteiger partial charge is 0.262 e. The lowest BCUT2D eigenvalue weighted by Crippen LogP contribution is -2.12. The lowest BCUT2D eigenvalue weighted by molar-refractivity contribution is 0.601. The highest BCUT2D eigenvalue weighted by Gasteiger charge is 2.29. The van der Waals surface area contributed by atoms with E-state index in [0.29, 0.717) is 11.3 Å². The van der Waals surface area contributed by atoms with Gasteiger partial charge in [-0.05, 0) is 23.3 Å². The maximum atomic E-state index is 12.2. The predicted molar refractivity (Wildman–Crippen MR) is 71.4 cm³/mol. The number of hydrogen-bond acceptors (Lipinski definition) is 2. The largest absolute Gasteiger partial charge is 0.279 e. The van der Waals surface area contributed by atoms with Gasteiger partial charge in [-0.25, -0.2) is 8.42 Å². The van der Waals surface area contributed by atoms with Crippen molar-refractivity contribution < 1.29 is 8.42 Å². The van der Waals surface area contributed by atoms with Crippen molar-refractivity contribution >= 4 is 27.3 Å². The van der Waals surface area contributed by atoms with Gasteiger partial charge in [-0.15, -0.1) is 11.6 Å². The second-order valence-electron chi connectivity index (χ2n) is 4.09. The first-order valence-corrected chi connectivity index (χ1v) is 7.36. The molecule has 92 valence electrons.